The lowest BCUT2D eigenvalue weighted by Gasteiger charge is -2.28. The SMILES string of the molecule is CCNCC1CCNc2c(C)cccc21. The molecule has 0 radical (unpaired) electrons. The Labute approximate surface area is 92.1 Å². The van der Waals surface area contributed by atoms with Gasteiger partial charge in [0, 0.05) is 24.7 Å². The molecule has 0 saturated carbocycles. The zero-order valence-electron chi connectivity index (χ0n) is 9.64. The van der Waals surface area contributed by atoms with E-state index < -0.39 is 0 Å². The molecule has 1 aromatic rings. The predicted octanol–water partition coefficient (Wildman–Crippen LogP) is 2.50. The maximum absolute atomic E-state index is 3.51. The normalized spacial score (nSPS) is 19.5. The van der Waals surface area contributed by atoms with Crippen LogP contribution in [0.15, 0.2) is 18.2 Å². The molecule has 0 bridgehead atoms. The summed E-state index contributed by atoms with van der Waals surface area (Å²) in [5.74, 6) is 0.682. The monoisotopic (exact) mass is 204 g/mol. The number of anilines is 1. The zero-order valence-corrected chi connectivity index (χ0v) is 9.64. The molecule has 0 spiro atoms. The molecule has 2 nitrogen and oxygen atoms in total. The van der Waals surface area contributed by atoms with Crippen molar-refractivity contribution in [3.05, 3.63) is 29.3 Å². The lowest BCUT2D eigenvalue weighted by atomic mass is 9.89. The molecular weight excluding hydrogens is 184 g/mol. The molecule has 2 rings (SSSR count). The third kappa shape index (κ3) is 2.15. The second-order valence-corrected chi connectivity index (χ2v) is 4.26. The minimum absolute atomic E-state index is 0.682. The van der Waals surface area contributed by atoms with E-state index in [2.05, 4.69) is 42.7 Å². The van der Waals surface area contributed by atoms with Crippen LogP contribution in [-0.4, -0.2) is 19.6 Å². The Kier molecular flexibility index (Phi) is 3.27. The lowest BCUT2D eigenvalue weighted by molar-refractivity contribution is 0.563. The summed E-state index contributed by atoms with van der Waals surface area (Å²) in [6.07, 6.45) is 1.24. The number of rotatable bonds is 3. The van der Waals surface area contributed by atoms with Crippen LogP contribution in [0, 0.1) is 6.92 Å². The summed E-state index contributed by atoms with van der Waals surface area (Å²) in [4.78, 5) is 0. The maximum atomic E-state index is 3.51. The van der Waals surface area contributed by atoms with Crippen LogP contribution in [0.1, 0.15) is 30.4 Å². The molecule has 82 valence electrons. The van der Waals surface area contributed by atoms with Gasteiger partial charge in [-0.2, -0.15) is 0 Å². The minimum atomic E-state index is 0.682. The highest BCUT2D eigenvalue weighted by molar-refractivity contribution is 5.60. The first-order chi connectivity index (χ1) is 7.33. The molecule has 15 heavy (non-hydrogen) atoms. The van der Waals surface area contributed by atoms with Gasteiger partial charge in [0.2, 0.25) is 0 Å². The Morgan fingerprint density at radius 1 is 1.47 bits per heavy atom. The number of aryl methyl sites for hydroxylation is 1. The number of likely N-dealkylation sites (N-methyl/N-ethyl adjacent to an activating group) is 1. The number of para-hydroxylation sites is 1. The molecule has 0 aromatic heterocycles. The van der Waals surface area contributed by atoms with Crippen molar-refractivity contribution < 1.29 is 0 Å². The van der Waals surface area contributed by atoms with Gasteiger partial charge in [0.15, 0.2) is 0 Å². The van der Waals surface area contributed by atoms with Crippen molar-refractivity contribution in [3.63, 3.8) is 0 Å². The van der Waals surface area contributed by atoms with Crippen LogP contribution >= 0.6 is 0 Å². The molecule has 1 heterocycles. The van der Waals surface area contributed by atoms with Crippen molar-refractivity contribution in [1.82, 2.24) is 5.32 Å². The molecule has 1 atom stereocenters. The van der Waals surface area contributed by atoms with Crippen molar-refractivity contribution in [2.24, 2.45) is 0 Å². The van der Waals surface area contributed by atoms with Crippen LogP contribution in [0.5, 0.6) is 0 Å². The average molecular weight is 204 g/mol. The van der Waals surface area contributed by atoms with Crippen LogP contribution in [-0.2, 0) is 0 Å². The van der Waals surface area contributed by atoms with Crippen LogP contribution in [0.2, 0.25) is 0 Å². The van der Waals surface area contributed by atoms with E-state index in [-0.39, 0.29) is 0 Å². The van der Waals surface area contributed by atoms with Crippen LogP contribution in [0.3, 0.4) is 0 Å². The van der Waals surface area contributed by atoms with Gasteiger partial charge in [0.05, 0.1) is 0 Å². The van der Waals surface area contributed by atoms with Crippen LogP contribution in [0.4, 0.5) is 5.69 Å². The van der Waals surface area contributed by atoms with E-state index >= 15 is 0 Å². The van der Waals surface area contributed by atoms with E-state index in [1.54, 1.807) is 0 Å². The van der Waals surface area contributed by atoms with Gasteiger partial charge in [-0.1, -0.05) is 25.1 Å². The first-order valence-electron chi connectivity index (χ1n) is 5.87. The molecule has 2 heteroatoms. The first kappa shape index (κ1) is 10.5. The van der Waals surface area contributed by atoms with E-state index in [1.807, 2.05) is 0 Å². The highest BCUT2D eigenvalue weighted by Gasteiger charge is 2.19. The molecule has 0 amide bonds. The van der Waals surface area contributed by atoms with Gasteiger partial charge < -0.3 is 10.6 Å². The van der Waals surface area contributed by atoms with Crippen LogP contribution < -0.4 is 10.6 Å². The summed E-state index contributed by atoms with van der Waals surface area (Å²) in [6.45, 7) is 7.62. The molecule has 2 N–H and O–H groups in total. The fourth-order valence-corrected chi connectivity index (χ4v) is 2.33. The summed E-state index contributed by atoms with van der Waals surface area (Å²) in [5, 5.41) is 6.96. The number of fused-ring (bicyclic) bond motifs is 1. The Balaban J connectivity index is 2.22. The van der Waals surface area contributed by atoms with Gasteiger partial charge in [-0.15, -0.1) is 0 Å². The highest BCUT2D eigenvalue weighted by atomic mass is 14.9. The van der Waals surface area contributed by atoms with E-state index in [0.29, 0.717) is 5.92 Å². The second kappa shape index (κ2) is 4.67. The summed E-state index contributed by atoms with van der Waals surface area (Å²) >= 11 is 0. The molecule has 0 saturated heterocycles. The Morgan fingerprint density at radius 2 is 2.33 bits per heavy atom. The Bertz CT molecular complexity index is 333. The zero-order chi connectivity index (χ0) is 10.7. The number of nitrogens with one attached hydrogen (secondary N) is 2. The smallest absolute Gasteiger partial charge is 0.0405 e. The van der Waals surface area contributed by atoms with Crippen molar-refractivity contribution in [2.75, 3.05) is 25.0 Å². The summed E-state index contributed by atoms with van der Waals surface area (Å²) in [7, 11) is 0. The maximum Gasteiger partial charge on any atom is 0.0405 e. The van der Waals surface area contributed by atoms with E-state index in [0.717, 1.165) is 19.6 Å². The van der Waals surface area contributed by atoms with Crippen molar-refractivity contribution in [2.45, 2.75) is 26.2 Å². The van der Waals surface area contributed by atoms with Crippen LogP contribution in [0.25, 0.3) is 0 Å². The van der Waals surface area contributed by atoms with Gasteiger partial charge in [0.25, 0.3) is 0 Å². The molecule has 1 unspecified atom stereocenters. The summed E-state index contributed by atoms with van der Waals surface area (Å²) in [6, 6.07) is 6.61. The quantitative estimate of drug-likeness (QED) is 0.790. The van der Waals surface area contributed by atoms with Gasteiger partial charge >= 0.3 is 0 Å². The number of hydrogen-bond donors (Lipinski definition) is 2. The average Bonchev–Trinajstić information content (AvgIpc) is 2.27. The van der Waals surface area contributed by atoms with Crippen molar-refractivity contribution >= 4 is 5.69 Å². The largest absolute Gasteiger partial charge is 0.385 e. The molecule has 1 aromatic carbocycles. The summed E-state index contributed by atoms with van der Waals surface area (Å²) < 4.78 is 0. The first-order valence-corrected chi connectivity index (χ1v) is 5.87. The van der Waals surface area contributed by atoms with Crippen molar-refractivity contribution in [3.8, 4) is 0 Å². The Morgan fingerprint density at radius 3 is 3.13 bits per heavy atom. The predicted molar refractivity (Wildman–Crippen MR) is 65.6 cm³/mol. The summed E-state index contributed by atoms with van der Waals surface area (Å²) in [5.41, 5.74) is 4.22. The topological polar surface area (TPSA) is 24.1 Å². The van der Waals surface area contributed by atoms with Crippen molar-refractivity contribution in [1.29, 1.82) is 0 Å². The lowest BCUT2D eigenvalue weighted by Crippen LogP contribution is -2.27. The fourth-order valence-electron chi connectivity index (χ4n) is 2.33. The highest BCUT2D eigenvalue weighted by Crippen LogP contribution is 2.33. The molecule has 0 fully saturated rings. The molecule has 1 aliphatic rings. The fraction of sp³-hybridized carbons (Fsp3) is 0.538. The Hall–Kier alpha value is -1.02. The number of hydrogen-bond acceptors (Lipinski definition) is 2. The van der Waals surface area contributed by atoms with E-state index in [4.69, 9.17) is 0 Å². The second-order valence-electron chi connectivity index (χ2n) is 4.26. The standard InChI is InChI=1S/C13H20N2/c1-3-14-9-11-7-8-15-13-10(2)5-4-6-12(11)13/h4-6,11,14-15H,3,7-9H2,1-2H3. The third-order valence-electron chi connectivity index (χ3n) is 3.18. The van der Waals surface area contributed by atoms with Gasteiger partial charge in [-0.05, 0) is 31.0 Å². The molecular formula is C13H20N2. The van der Waals surface area contributed by atoms with E-state index in [9.17, 15) is 0 Å². The third-order valence-corrected chi connectivity index (χ3v) is 3.18. The minimum Gasteiger partial charge on any atom is -0.385 e. The van der Waals surface area contributed by atoms with Gasteiger partial charge in [-0.3, -0.25) is 0 Å². The molecule has 0 aliphatic carbocycles. The van der Waals surface area contributed by atoms with E-state index in [1.165, 1.54) is 23.2 Å². The van der Waals surface area contributed by atoms with Gasteiger partial charge in [0.1, 0.15) is 0 Å². The number of benzene rings is 1. The molecule has 1 aliphatic heterocycles. The van der Waals surface area contributed by atoms with Gasteiger partial charge in [-0.25, -0.2) is 0 Å².